The molecule has 0 bridgehead atoms. The molecule has 0 aliphatic heterocycles. The Labute approximate surface area is 202 Å². The van der Waals surface area contributed by atoms with Crippen LogP contribution in [0.15, 0.2) is 24.3 Å². The van der Waals surface area contributed by atoms with Crippen LogP contribution in [0.2, 0.25) is 0 Å². The van der Waals surface area contributed by atoms with Crippen LogP contribution in [0.5, 0.6) is 0 Å². The molecule has 182 valence electrons. The molecule has 0 saturated heterocycles. The van der Waals surface area contributed by atoms with Gasteiger partial charge in [0.25, 0.3) is 5.91 Å². The number of ether oxygens (including phenoxy) is 1. The molecule has 0 aliphatic carbocycles. The highest BCUT2D eigenvalue weighted by molar-refractivity contribution is 7.98. The maximum atomic E-state index is 13.6. The first-order valence-electron chi connectivity index (χ1n) is 11.2. The predicted octanol–water partition coefficient (Wildman–Crippen LogP) is 4.02. The quantitative estimate of drug-likeness (QED) is 0.287. The van der Waals surface area contributed by atoms with E-state index in [2.05, 4.69) is 16.7 Å². The first-order valence-corrected chi connectivity index (χ1v) is 12.6. The van der Waals surface area contributed by atoms with Gasteiger partial charge in [-0.25, -0.2) is 4.79 Å². The van der Waals surface area contributed by atoms with Gasteiger partial charge in [0.1, 0.15) is 17.7 Å². The highest BCUT2D eigenvalue weighted by Crippen LogP contribution is 2.25. The second-order valence-electron chi connectivity index (χ2n) is 8.72. The van der Waals surface area contributed by atoms with E-state index in [1.807, 2.05) is 32.2 Å². The van der Waals surface area contributed by atoms with Gasteiger partial charge in [-0.3, -0.25) is 14.5 Å². The smallest absolute Gasteiger partial charge is 0.408 e. The van der Waals surface area contributed by atoms with Gasteiger partial charge in [0, 0.05) is 12.6 Å². The zero-order valence-corrected chi connectivity index (χ0v) is 21.4. The number of rotatable bonds is 11. The van der Waals surface area contributed by atoms with Crippen molar-refractivity contribution >= 4 is 29.7 Å². The normalized spacial score (nSPS) is 12.8. The standard InChI is InChI=1S/C25H37N3O4S/c1-8-10-16-26-22(29)21(19-14-12-11-13-18(19)3)28(9-2)23(30)20(15-17-33-7)27-24(31)32-25(4,5)6/h2,11-14,20-21H,8,10,15-17H2,1,3-7H3,(H,26,29)(H,27,31). The number of unbranched alkanes of at least 4 members (excludes halogenated alkanes) is 1. The Bertz CT molecular complexity index is 845. The number of carbonyl (C=O) groups is 3. The molecule has 0 radical (unpaired) electrons. The number of alkyl carbamates (subject to hydrolysis) is 1. The lowest BCUT2D eigenvalue weighted by atomic mass is 9.98. The van der Waals surface area contributed by atoms with Crippen LogP contribution in [0.25, 0.3) is 0 Å². The van der Waals surface area contributed by atoms with Crippen molar-refractivity contribution in [1.82, 2.24) is 15.5 Å². The maximum absolute atomic E-state index is 13.6. The lowest BCUT2D eigenvalue weighted by Crippen LogP contribution is -2.51. The number of hydrogen-bond donors (Lipinski definition) is 2. The number of thioether (sulfide) groups is 1. The highest BCUT2D eigenvalue weighted by atomic mass is 32.2. The lowest BCUT2D eigenvalue weighted by molar-refractivity contribution is -0.138. The minimum atomic E-state index is -1.02. The summed E-state index contributed by atoms with van der Waals surface area (Å²) in [5, 5.41) is 5.53. The Morgan fingerprint density at radius 3 is 2.45 bits per heavy atom. The van der Waals surface area contributed by atoms with Crippen molar-refractivity contribution in [3.63, 3.8) is 0 Å². The average Bonchev–Trinajstić information content (AvgIpc) is 2.74. The Morgan fingerprint density at radius 2 is 1.91 bits per heavy atom. The first kappa shape index (κ1) is 28.4. The molecule has 8 heteroatoms. The Kier molecular flexibility index (Phi) is 11.9. The summed E-state index contributed by atoms with van der Waals surface area (Å²) in [5.41, 5.74) is 0.756. The summed E-state index contributed by atoms with van der Waals surface area (Å²) in [6.45, 7) is 9.61. The van der Waals surface area contributed by atoms with Gasteiger partial charge in [-0.1, -0.05) is 44.0 Å². The summed E-state index contributed by atoms with van der Waals surface area (Å²) in [6.07, 6.45) is 9.05. The molecule has 2 N–H and O–H groups in total. The van der Waals surface area contributed by atoms with Gasteiger partial charge < -0.3 is 15.4 Å². The topological polar surface area (TPSA) is 87.7 Å². The molecule has 1 aromatic carbocycles. The van der Waals surface area contributed by atoms with Crippen molar-refractivity contribution in [2.75, 3.05) is 18.6 Å². The number of benzene rings is 1. The first-order chi connectivity index (χ1) is 15.6. The number of terminal acetylenes is 1. The van der Waals surface area contributed by atoms with Crippen molar-refractivity contribution in [3.8, 4) is 12.5 Å². The van der Waals surface area contributed by atoms with Crippen molar-refractivity contribution in [2.45, 2.75) is 71.6 Å². The Morgan fingerprint density at radius 1 is 1.24 bits per heavy atom. The summed E-state index contributed by atoms with van der Waals surface area (Å²) in [7, 11) is 0. The van der Waals surface area contributed by atoms with Crippen LogP contribution in [0.4, 0.5) is 4.79 Å². The monoisotopic (exact) mass is 475 g/mol. The van der Waals surface area contributed by atoms with E-state index in [9.17, 15) is 14.4 Å². The van der Waals surface area contributed by atoms with Crippen LogP contribution in [-0.4, -0.2) is 53.0 Å². The summed E-state index contributed by atoms with van der Waals surface area (Å²) in [6, 6.07) is 7.77. The van der Waals surface area contributed by atoms with Gasteiger partial charge in [-0.15, -0.1) is 0 Å². The molecule has 0 saturated carbocycles. The van der Waals surface area contributed by atoms with Crippen LogP contribution in [-0.2, 0) is 14.3 Å². The second kappa shape index (κ2) is 13.8. The molecule has 0 fully saturated rings. The third kappa shape index (κ3) is 9.39. The van der Waals surface area contributed by atoms with Gasteiger partial charge >= 0.3 is 6.09 Å². The average molecular weight is 476 g/mol. The van der Waals surface area contributed by atoms with Crippen molar-refractivity contribution in [2.24, 2.45) is 0 Å². The van der Waals surface area contributed by atoms with Crippen LogP contribution >= 0.6 is 11.8 Å². The zero-order valence-electron chi connectivity index (χ0n) is 20.6. The maximum Gasteiger partial charge on any atom is 0.408 e. The Hall–Kier alpha value is -2.66. The summed E-state index contributed by atoms with van der Waals surface area (Å²) < 4.78 is 5.33. The van der Waals surface area contributed by atoms with E-state index >= 15 is 0 Å². The van der Waals surface area contributed by atoms with Gasteiger partial charge in [-0.2, -0.15) is 11.8 Å². The van der Waals surface area contributed by atoms with E-state index in [0.29, 0.717) is 24.3 Å². The van der Waals surface area contributed by atoms with E-state index in [1.54, 1.807) is 44.7 Å². The SMILES string of the molecule is C#CN(C(=O)C(CCSC)NC(=O)OC(C)(C)C)C(C(=O)NCCCC)c1ccccc1C. The molecule has 1 rings (SSSR count). The van der Waals surface area contributed by atoms with Crippen LogP contribution in [0.3, 0.4) is 0 Å². The van der Waals surface area contributed by atoms with E-state index in [0.717, 1.165) is 23.3 Å². The molecule has 33 heavy (non-hydrogen) atoms. The number of amides is 3. The zero-order chi connectivity index (χ0) is 25.0. The lowest BCUT2D eigenvalue weighted by Gasteiger charge is -2.31. The van der Waals surface area contributed by atoms with Gasteiger partial charge in [-0.05, 0) is 63.7 Å². The molecule has 0 aliphatic rings. The van der Waals surface area contributed by atoms with Crippen LogP contribution in [0.1, 0.15) is 64.1 Å². The molecule has 0 aromatic heterocycles. The summed E-state index contributed by atoms with van der Waals surface area (Å²) >= 11 is 1.54. The number of hydrogen-bond acceptors (Lipinski definition) is 5. The largest absolute Gasteiger partial charge is 0.444 e. The van der Waals surface area contributed by atoms with Gasteiger partial charge in [0.15, 0.2) is 0 Å². The molecule has 0 spiro atoms. The predicted molar refractivity (Wildman–Crippen MR) is 134 cm³/mol. The molecular weight excluding hydrogens is 438 g/mol. The minimum Gasteiger partial charge on any atom is -0.444 e. The third-order valence-electron chi connectivity index (χ3n) is 4.80. The minimum absolute atomic E-state index is 0.343. The van der Waals surface area contributed by atoms with E-state index in [4.69, 9.17) is 11.2 Å². The molecule has 3 amide bonds. The van der Waals surface area contributed by atoms with Crippen LogP contribution < -0.4 is 10.6 Å². The fourth-order valence-corrected chi connectivity index (χ4v) is 3.62. The fourth-order valence-electron chi connectivity index (χ4n) is 3.15. The van der Waals surface area contributed by atoms with E-state index in [-0.39, 0.29) is 5.91 Å². The molecule has 1 aromatic rings. The van der Waals surface area contributed by atoms with Crippen molar-refractivity contribution in [3.05, 3.63) is 35.4 Å². The number of aryl methyl sites for hydroxylation is 1. The van der Waals surface area contributed by atoms with Crippen LogP contribution in [0, 0.1) is 19.4 Å². The number of carbonyl (C=O) groups excluding carboxylic acids is 3. The molecular formula is C25H37N3O4S. The summed E-state index contributed by atoms with van der Waals surface area (Å²) in [4.78, 5) is 40.3. The Balaban J connectivity index is 3.30. The molecule has 2 atom stereocenters. The molecule has 2 unspecified atom stereocenters. The summed E-state index contributed by atoms with van der Waals surface area (Å²) in [5.74, 6) is -0.274. The van der Waals surface area contributed by atoms with Gasteiger partial charge in [0.05, 0.1) is 0 Å². The number of nitrogens with one attached hydrogen (secondary N) is 2. The fraction of sp³-hybridized carbons (Fsp3) is 0.560. The van der Waals surface area contributed by atoms with Gasteiger partial charge in [0.2, 0.25) is 5.91 Å². The van der Waals surface area contributed by atoms with Crippen molar-refractivity contribution < 1.29 is 19.1 Å². The van der Waals surface area contributed by atoms with E-state index in [1.165, 1.54) is 0 Å². The molecule has 7 nitrogen and oxygen atoms in total. The second-order valence-corrected chi connectivity index (χ2v) is 9.71. The molecule has 0 heterocycles. The number of nitrogens with zero attached hydrogens (tertiary/aromatic N) is 1. The van der Waals surface area contributed by atoms with Crippen molar-refractivity contribution in [1.29, 1.82) is 0 Å². The highest BCUT2D eigenvalue weighted by Gasteiger charge is 2.36. The third-order valence-corrected chi connectivity index (χ3v) is 5.44. The van der Waals surface area contributed by atoms with E-state index < -0.39 is 29.7 Å².